The van der Waals surface area contributed by atoms with E-state index in [0.717, 1.165) is 30.5 Å². The van der Waals surface area contributed by atoms with Crippen molar-refractivity contribution in [2.75, 3.05) is 13.2 Å². The number of para-hydroxylation sites is 1. The third kappa shape index (κ3) is 4.12. The average molecular weight is 366 g/mol. The van der Waals surface area contributed by atoms with E-state index >= 15 is 0 Å². The molecule has 3 rings (SSSR count). The van der Waals surface area contributed by atoms with Gasteiger partial charge in [0.05, 0.1) is 11.1 Å². The highest BCUT2D eigenvalue weighted by atomic mass is 19.4. The summed E-state index contributed by atoms with van der Waals surface area (Å²) in [6, 6.07) is 7.12. The Bertz CT molecular complexity index is 849. The monoisotopic (exact) mass is 366 g/mol. The van der Waals surface area contributed by atoms with Crippen LogP contribution in [0.3, 0.4) is 0 Å². The van der Waals surface area contributed by atoms with Crippen LogP contribution in [-0.2, 0) is 22.4 Å². The van der Waals surface area contributed by atoms with Crippen LogP contribution in [0.2, 0.25) is 0 Å². The first-order chi connectivity index (χ1) is 12.3. The number of hydrogen-bond donors (Lipinski definition) is 1. The predicted molar refractivity (Wildman–Crippen MR) is 87.7 cm³/mol. The molecule has 0 unspecified atom stereocenters. The van der Waals surface area contributed by atoms with E-state index in [-0.39, 0.29) is 0 Å². The second-order valence-electron chi connectivity index (χ2n) is 6.10. The van der Waals surface area contributed by atoms with Crippen molar-refractivity contribution in [1.82, 2.24) is 10.3 Å². The summed E-state index contributed by atoms with van der Waals surface area (Å²) < 4.78 is 41.3. The van der Waals surface area contributed by atoms with Crippen LogP contribution < -0.4 is 5.32 Å². The maximum Gasteiger partial charge on any atom is 0.405 e. The van der Waals surface area contributed by atoms with Crippen molar-refractivity contribution in [2.45, 2.75) is 31.9 Å². The van der Waals surface area contributed by atoms with Gasteiger partial charge in [0.2, 0.25) is 0 Å². The van der Waals surface area contributed by atoms with Crippen LogP contribution in [0.1, 0.15) is 34.5 Å². The van der Waals surface area contributed by atoms with Gasteiger partial charge in [0.1, 0.15) is 6.54 Å². The minimum atomic E-state index is -4.51. The summed E-state index contributed by atoms with van der Waals surface area (Å²) in [6.45, 7) is -2.22. The van der Waals surface area contributed by atoms with Gasteiger partial charge in [0.15, 0.2) is 6.61 Å². The summed E-state index contributed by atoms with van der Waals surface area (Å²) >= 11 is 0. The number of esters is 1. The molecule has 0 aliphatic heterocycles. The van der Waals surface area contributed by atoms with E-state index in [9.17, 15) is 22.8 Å². The first kappa shape index (κ1) is 18.2. The number of carbonyl (C=O) groups is 2. The van der Waals surface area contributed by atoms with Gasteiger partial charge >= 0.3 is 12.1 Å². The first-order valence-corrected chi connectivity index (χ1v) is 8.26. The van der Waals surface area contributed by atoms with Crippen molar-refractivity contribution >= 4 is 22.8 Å². The fourth-order valence-corrected chi connectivity index (χ4v) is 3.06. The predicted octanol–water partition coefficient (Wildman–Crippen LogP) is 2.95. The van der Waals surface area contributed by atoms with E-state index in [2.05, 4.69) is 4.98 Å². The molecule has 0 spiro atoms. The van der Waals surface area contributed by atoms with E-state index in [1.54, 1.807) is 23.5 Å². The molecule has 0 bridgehead atoms. The van der Waals surface area contributed by atoms with Gasteiger partial charge in [0.25, 0.3) is 5.91 Å². The Morgan fingerprint density at radius 1 is 1.15 bits per heavy atom. The van der Waals surface area contributed by atoms with Crippen molar-refractivity contribution < 1.29 is 27.5 Å². The smallest absolute Gasteiger partial charge is 0.405 e. The van der Waals surface area contributed by atoms with E-state index in [1.165, 1.54) is 0 Å². The molecule has 0 saturated heterocycles. The number of ether oxygens (including phenoxy) is 1. The van der Waals surface area contributed by atoms with Gasteiger partial charge in [-0.05, 0) is 37.3 Å². The van der Waals surface area contributed by atoms with Gasteiger partial charge in [-0.15, -0.1) is 0 Å². The Kier molecular flexibility index (Phi) is 5.11. The summed E-state index contributed by atoms with van der Waals surface area (Å²) in [7, 11) is 0. The zero-order chi connectivity index (χ0) is 18.7. The van der Waals surface area contributed by atoms with E-state index in [1.807, 2.05) is 6.07 Å². The van der Waals surface area contributed by atoms with Crippen molar-refractivity contribution in [1.29, 1.82) is 0 Å². The van der Waals surface area contributed by atoms with Gasteiger partial charge < -0.3 is 10.1 Å². The minimum Gasteiger partial charge on any atom is -0.452 e. The molecule has 0 saturated carbocycles. The van der Waals surface area contributed by atoms with Gasteiger partial charge in [-0.3, -0.25) is 9.78 Å². The number of halogens is 3. The molecular formula is C18H17F3N2O3. The molecule has 1 N–H and O–H groups in total. The number of alkyl halides is 3. The average Bonchev–Trinajstić information content (AvgIpc) is 2.61. The van der Waals surface area contributed by atoms with E-state index in [0.29, 0.717) is 22.9 Å². The van der Waals surface area contributed by atoms with Crippen molar-refractivity contribution in [3.05, 3.63) is 41.1 Å². The highest BCUT2D eigenvalue weighted by Gasteiger charge is 2.28. The normalized spacial score (nSPS) is 14.0. The molecule has 1 heterocycles. The number of pyridine rings is 1. The lowest BCUT2D eigenvalue weighted by molar-refractivity contribution is -0.140. The van der Waals surface area contributed by atoms with Gasteiger partial charge in [-0.1, -0.05) is 18.2 Å². The van der Waals surface area contributed by atoms with Crippen molar-refractivity contribution in [3.8, 4) is 0 Å². The van der Waals surface area contributed by atoms with Crippen LogP contribution in [0.15, 0.2) is 24.3 Å². The zero-order valence-corrected chi connectivity index (χ0v) is 13.9. The van der Waals surface area contributed by atoms with Crippen molar-refractivity contribution in [3.63, 3.8) is 0 Å². The van der Waals surface area contributed by atoms with Crippen LogP contribution >= 0.6 is 0 Å². The lowest BCUT2D eigenvalue weighted by Crippen LogP contribution is -2.36. The van der Waals surface area contributed by atoms with Crippen molar-refractivity contribution in [2.24, 2.45) is 0 Å². The Hall–Kier alpha value is -2.64. The lowest BCUT2D eigenvalue weighted by atomic mass is 9.90. The number of amides is 1. The Labute approximate surface area is 147 Å². The van der Waals surface area contributed by atoms with Crippen LogP contribution in [0.5, 0.6) is 0 Å². The maximum absolute atomic E-state index is 12.6. The minimum absolute atomic E-state index is 0.355. The second-order valence-corrected chi connectivity index (χ2v) is 6.10. The van der Waals surface area contributed by atoms with Gasteiger partial charge in [-0.25, -0.2) is 4.79 Å². The second kappa shape index (κ2) is 7.31. The zero-order valence-electron chi connectivity index (χ0n) is 13.9. The summed E-state index contributed by atoms with van der Waals surface area (Å²) in [5, 5.41) is 2.29. The molecule has 1 aliphatic carbocycles. The van der Waals surface area contributed by atoms with Crippen LogP contribution in [0.4, 0.5) is 13.2 Å². The number of hydrogen-bond acceptors (Lipinski definition) is 4. The Balaban J connectivity index is 1.81. The molecule has 0 atom stereocenters. The first-order valence-electron chi connectivity index (χ1n) is 8.26. The van der Waals surface area contributed by atoms with Crippen LogP contribution in [0.25, 0.3) is 10.9 Å². The van der Waals surface area contributed by atoms with E-state index in [4.69, 9.17) is 4.74 Å². The van der Waals surface area contributed by atoms with Crippen LogP contribution in [0, 0.1) is 0 Å². The molecule has 0 radical (unpaired) electrons. The Morgan fingerprint density at radius 3 is 2.65 bits per heavy atom. The molecule has 138 valence electrons. The molecule has 1 aliphatic rings. The third-order valence-corrected chi connectivity index (χ3v) is 4.19. The fraction of sp³-hybridized carbons (Fsp3) is 0.389. The standard InChI is InChI=1S/C18H17F3N2O3/c19-18(20,21)10-22-15(24)9-26-17(25)16-11-5-1-3-7-13(11)23-14-8-4-2-6-12(14)16/h1,3,5,7H,2,4,6,8-10H2,(H,22,24). The number of nitrogens with one attached hydrogen (secondary N) is 1. The van der Waals surface area contributed by atoms with Gasteiger partial charge in [0, 0.05) is 11.1 Å². The number of aromatic nitrogens is 1. The highest BCUT2D eigenvalue weighted by molar-refractivity contribution is 6.05. The number of nitrogens with zero attached hydrogens (tertiary/aromatic N) is 1. The summed E-state index contributed by atoms with van der Waals surface area (Å²) in [6.07, 6.45) is -1.18. The topological polar surface area (TPSA) is 68.3 Å². The van der Waals surface area contributed by atoms with E-state index < -0.39 is 31.2 Å². The fourth-order valence-electron chi connectivity index (χ4n) is 3.06. The molecule has 1 amide bonds. The summed E-state index contributed by atoms with van der Waals surface area (Å²) in [5.74, 6) is -1.72. The molecule has 5 nitrogen and oxygen atoms in total. The third-order valence-electron chi connectivity index (χ3n) is 4.19. The number of rotatable bonds is 4. The quantitative estimate of drug-likeness (QED) is 0.845. The molecule has 1 aromatic heterocycles. The molecule has 1 aromatic carbocycles. The lowest BCUT2D eigenvalue weighted by Gasteiger charge is -2.20. The largest absolute Gasteiger partial charge is 0.452 e. The number of benzene rings is 1. The SMILES string of the molecule is O=C(COC(=O)c1c2c(nc3ccccc13)CCCC2)NCC(F)(F)F. The van der Waals surface area contributed by atoms with Crippen LogP contribution in [-0.4, -0.2) is 36.2 Å². The summed E-state index contributed by atoms with van der Waals surface area (Å²) in [4.78, 5) is 28.7. The molecular weight excluding hydrogens is 349 g/mol. The number of carbonyl (C=O) groups excluding carboxylic acids is 2. The number of aryl methyl sites for hydroxylation is 1. The molecule has 0 fully saturated rings. The molecule has 8 heteroatoms. The summed E-state index contributed by atoms with van der Waals surface area (Å²) in [5.41, 5.74) is 2.65. The maximum atomic E-state index is 12.6. The van der Waals surface area contributed by atoms with Gasteiger partial charge in [-0.2, -0.15) is 13.2 Å². The Morgan fingerprint density at radius 2 is 1.88 bits per heavy atom. The highest BCUT2D eigenvalue weighted by Crippen LogP contribution is 2.29. The molecule has 26 heavy (non-hydrogen) atoms. The molecule has 2 aromatic rings. The number of fused-ring (bicyclic) bond motifs is 2.